The number of hydrogen-bond donors (Lipinski definition) is 1. The van der Waals surface area contributed by atoms with Gasteiger partial charge in [0.1, 0.15) is 5.82 Å². The minimum Gasteiger partial charge on any atom is -0.355 e. The molecule has 2 nitrogen and oxygen atoms in total. The minimum atomic E-state index is -0.356. The first-order chi connectivity index (χ1) is 6.74. The molecule has 2 rings (SSSR count). The van der Waals surface area contributed by atoms with E-state index in [9.17, 15) is 9.18 Å². The molecule has 1 fully saturated rings. The normalized spacial score (nSPS) is 15.3. The fourth-order valence-corrected chi connectivity index (χ4v) is 1.57. The van der Waals surface area contributed by atoms with Crippen LogP contribution in [0.2, 0.25) is 0 Å². The Bertz CT molecular complexity index is 372. The number of rotatable bonds is 2. The van der Waals surface area contributed by atoms with Crippen LogP contribution in [-0.2, 0) is 0 Å². The molecule has 0 radical (unpaired) electrons. The van der Waals surface area contributed by atoms with E-state index in [4.69, 9.17) is 0 Å². The molecule has 1 amide bonds. The second kappa shape index (κ2) is 3.40. The maximum absolute atomic E-state index is 13.7. The molecule has 0 unspecified atom stereocenters. The molecule has 1 aliphatic carbocycles. The highest BCUT2D eigenvalue weighted by Crippen LogP contribution is 2.41. The van der Waals surface area contributed by atoms with Gasteiger partial charge in [0.05, 0.1) is 5.56 Å². The molecule has 14 heavy (non-hydrogen) atoms. The Morgan fingerprint density at radius 3 is 2.79 bits per heavy atom. The van der Waals surface area contributed by atoms with Crippen molar-refractivity contribution in [3.63, 3.8) is 0 Å². The van der Waals surface area contributed by atoms with Gasteiger partial charge in [-0.15, -0.1) is 0 Å². The quantitative estimate of drug-likeness (QED) is 0.765. The van der Waals surface area contributed by atoms with Gasteiger partial charge >= 0.3 is 0 Å². The van der Waals surface area contributed by atoms with Gasteiger partial charge in [-0.2, -0.15) is 0 Å². The van der Waals surface area contributed by atoms with Crippen LogP contribution in [0.25, 0.3) is 0 Å². The monoisotopic (exact) mass is 193 g/mol. The zero-order valence-corrected chi connectivity index (χ0v) is 8.01. The van der Waals surface area contributed by atoms with Crippen molar-refractivity contribution in [1.82, 2.24) is 5.32 Å². The van der Waals surface area contributed by atoms with Gasteiger partial charge in [-0.05, 0) is 30.4 Å². The number of benzene rings is 1. The van der Waals surface area contributed by atoms with Crippen molar-refractivity contribution in [3.05, 3.63) is 35.1 Å². The lowest BCUT2D eigenvalue weighted by Crippen LogP contribution is -2.19. The highest BCUT2D eigenvalue weighted by atomic mass is 19.1. The second-order valence-electron chi connectivity index (χ2n) is 3.56. The number of hydrogen-bond acceptors (Lipinski definition) is 1. The highest BCUT2D eigenvalue weighted by molar-refractivity contribution is 5.94. The summed E-state index contributed by atoms with van der Waals surface area (Å²) in [5.41, 5.74) is 0.836. The maximum atomic E-state index is 13.7. The molecule has 0 saturated heterocycles. The number of nitrogens with one attached hydrogen (secondary N) is 1. The number of carbonyl (C=O) groups excluding carboxylic acids is 1. The molecule has 0 aromatic heterocycles. The van der Waals surface area contributed by atoms with E-state index in [0.29, 0.717) is 11.5 Å². The molecule has 0 heterocycles. The first-order valence-corrected chi connectivity index (χ1v) is 4.74. The lowest BCUT2D eigenvalue weighted by atomic mass is 10.1. The molecule has 0 spiro atoms. The molecule has 1 N–H and O–H groups in total. The predicted octanol–water partition coefficient (Wildman–Crippen LogP) is 2.06. The molecule has 74 valence electrons. The predicted molar refractivity (Wildman–Crippen MR) is 51.8 cm³/mol. The Morgan fingerprint density at radius 2 is 2.21 bits per heavy atom. The van der Waals surface area contributed by atoms with Crippen LogP contribution in [0, 0.1) is 5.82 Å². The van der Waals surface area contributed by atoms with Crippen LogP contribution in [0.3, 0.4) is 0 Å². The fourth-order valence-electron chi connectivity index (χ4n) is 1.57. The summed E-state index contributed by atoms with van der Waals surface area (Å²) in [6.07, 6.45) is 2.07. The van der Waals surface area contributed by atoms with Gasteiger partial charge < -0.3 is 5.32 Å². The number of carbonyl (C=O) groups is 1. The van der Waals surface area contributed by atoms with Crippen molar-refractivity contribution in [2.24, 2.45) is 0 Å². The summed E-state index contributed by atoms with van der Waals surface area (Å²) < 4.78 is 13.7. The SMILES string of the molecule is CNC(=O)c1cccc(C2CC2)c1F. The lowest BCUT2D eigenvalue weighted by Gasteiger charge is -2.05. The van der Waals surface area contributed by atoms with Crippen molar-refractivity contribution in [1.29, 1.82) is 0 Å². The standard InChI is InChI=1S/C11H12FNO/c1-13-11(14)9-4-2-3-8(10(9)12)7-5-6-7/h2-4,7H,5-6H2,1H3,(H,13,14). The van der Waals surface area contributed by atoms with Gasteiger partial charge in [0.2, 0.25) is 0 Å². The molecule has 0 atom stereocenters. The van der Waals surface area contributed by atoms with Crippen LogP contribution in [0.5, 0.6) is 0 Å². The van der Waals surface area contributed by atoms with Crippen LogP contribution in [0.15, 0.2) is 18.2 Å². The van der Waals surface area contributed by atoms with Gasteiger partial charge in [0.15, 0.2) is 0 Å². The molecule has 1 aromatic carbocycles. The van der Waals surface area contributed by atoms with Crippen molar-refractivity contribution in [2.45, 2.75) is 18.8 Å². The van der Waals surface area contributed by atoms with Gasteiger partial charge in [-0.25, -0.2) is 4.39 Å². The zero-order chi connectivity index (χ0) is 10.1. The number of halogens is 1. The van der Waals surface area contributed by atoms with Gasteiger partial charge in [0, 0.05) is 7.05 Å². The zero-order valence-electron chi connectivity index (χ0n) is 8.01. The van der Waals surface area contributed by atoms with E-state index in [1.54, 1.807) is 12.1 Å². The molecule has 0 aliphatic heterocycles. The fraction of sp³-hybridized carbons (Fsp3) is 0.364. The van der Waals surface area contributed by atoms with Crippen molar-refractivity contribution in [3.8, 4) is 0 Å². The Balaban J connectivity index is 2.40. The Labute approximate surface area is 82.1 Å². The van der Waals surface area contributed by atoms with E-state index < -0.39 is 0 Å². The summed E-state index contributed by atoms with van der Waals surface area (Å²) in [6.45, 7) is 0. The molecular weight excluding hydrogens is 181 g/mol. The van der Waals surface area contributed by atoms with Crippen molar-refractivity contribution >= 4 is 5.91 Å². The molecule has 3 heteroatoms. The largest absolute Gasteiger partial charge is 0.355 e. The van der Waals surface area contributed by atoms with E-state index in [1.807, 2.05) is 0 Å². The minimum absolute atomic E-state index is 0.150. The Morgan fingerprint density at radius 1 is 1.50 bits per heavy atom. The highest BCUT2D eigenvalue weighted by Gasteiger charge is 2.28. The van der Waals surface area contributed by atoms with Gasteiger partial charge in [-0.1, -0.05) is 12.1 Å². The van der Waals surface area contributed by atoms with Crippen LogP contribution in [0.4, 0.5) is 4.39 Å². The smallest absolute Gasteiger partial charge is 0.254 e. The van der Waals surface area contributed by atoms with Crippen LogP contribution in [-0.4, -0.2) is 13.0 Å². The van der Waals surface area contributed by atoms with E-state index in [2.05, 4.69) is 5.32 Å². The molecular formula is C11H12FNO. The van der Waals surface area contributed by atoms with Crippen LogP contribution >= 0.6 is 0 Å². The summed E-state index contributed by atoms with van der Waals surface area (Å²) in [5.74, 6) is -0.376. The van der Waals surface area contributed by atoms with Crippen molar-refractivity contribution < 1.29 is 9.18 Å². The summed E-state index contributed by atoms with van der Waals surface area (Å²) in [7, 11) is 1.51. The van der Waals surface area contributed by atoms with E-state index in [-0.39, 0.29) is 17.3 Å². The Kier molecular flexibility index (Phi) is 2.23. The summed E-state index contributed by atoms with van der Waals surface area (Å²) >= 11 is 0. The van der Waals surface area contributed by atoms with Crippen molar-refractivity contribution in [2.75, 3.05) is 7.05 Å². The first kappa shape index (κ1) is 9.19. The first-order valence-electron chi connectivity index (χ1n) is 4.74. The lowest BCUT2D eigenvalue weighted by molar-refractivity contribution is 0.0959. The third-order valence-electron chi connectivity index (χ3n) is 2.52. The average molecular weight is 193 g/mol. The summed E-state index contributed by atoms with van der Waals surface area (Å²) in [5, 5.41) is 2.43. The van der Waals surface area contributed by atoms with E-state index in [1.165, 1.54) is 13.1 Å². The Hall–Kier alpha value is -1.38. The van der Waals surface area contributed by atoms with Gasteiger partial charge in [0.25, 0.3) is 5.91 Å². The summed E-state index contributed by atoms with van der Waals surface area (Å²) in [6, 6.07) is 5.01. The topological polar surface area (TPSA) is 29.1 Å². The van der Waals surface area contributed by atoms with Gasteiger partial charge in [-0.3, -0.25) is 4.79 Å². The van der Waals surface area contributed by atoms with E-state index >= 15 is 0 Å². The molecule has 0 bridgehead atoms. The second-order valence-corrected chi connectivity index (χ2v) is 3.56. The van der Waals surface area contributed by atoms with Crippen LogP contribution < -0.4 is 5.32 Å². The van der Waals surface area contributed by atoms with E-state index in [0.717, 1.165) is 12.8 Å². The van der Waals surface area contributed by atoms with Crippen LogP contribution in [0.1, 0.15) is 34.7 Å². The third kappa shape index (κ3) is 1.50. The molecule has 1 aromatic rings. The average Bonchev–Trinajstić information content (AvgIpc) is 3.01. The number of amides is 1. The maximum Gasteiger partial charge on any atom is 0.254 e. The molecule has 1 aliphatic rings. The summed E-state index contributed by atoms with van der Waals surface area (Å²) in [4.78, 5) is 11.3. The third-order valence-corrected chi connectivity index (χ3v) is 2.52. The molecule has 1 saturated carbocycles.